The van der Waals surface area contributed by atoms with Gasteiger partial charge in [-0.25, -0.2) is 9.97 Å². The van der Waals surface area contributed by atoms with Gasteiger partial charge >= 0.3 is 0 Å². The van der Waals surface area contributed by atoms with E-state index in [0.717, 1.165) is 27.5 Å². The van der Waals surface area contributed by atoms with Gasteiger partial charge in [0, 0.05) is 24.3 Å². The highest BCUT2D eigenvalue weighted by atomic mass is 35.5. The summed E-state index contributed by atoms with van der Waals surface area (Å²) < 4.78 is 0. The quantitative estimate of drug-likeness (QED) is 0.471. The van der Waals surface area contributed by atoms with Gasteiger partial charge in [-0.1, -0.05) is 29.3 Å². The number of carbonyl (C=O) groups is 1. The fraction of sp³-hybridized carbons (Fsp3) is 0.250. The van der Waals surface area contributed by atoms with Crippen LogP contribution in [-0.2, 0) is 10.5 Å². The molecular weight excluding hydrogens is 398 g/mol. The Bertz CT molecular complexity index is 947. The zero-order valence-electron chi connectivity index (χ0n) is 15.6. The second-order valence-corrected chi connectivity index (χ2v) is 8.60. The van der Waals surface area contributed by atoms with E-state index in [9.17, 15) is 4.79 Å². The number of hydrogen-bond donors (Lipinski definition) is 0. The summed E-state index contributed by atoms with van der Waals surface area (Å²) in [6, 6.07) is 7.90. The first-order valence-electron chi connectivity index (χ1n) is 8.42. The average molecular weight is 418 g/mol. The van der Waals surface area contributed by atoms with E-state index in [1.165, 1.54) is 16.9 Å². The summed E-state index contributed by atoms with van der Waals surface area (Å²) in [7, 11) is 0. The standard InChI is InChI=1S/C20H20ClN3OS2/c1-12-7-13(2)19(14(3)8-12)24(15(4)25)20-23-17(11-27-20)10-26-18-6-5-16(21)9-22-18/h5-9,11H,10H2,1-4H3. The third-order valence-electron chi connectivity index (χ3n) is 3.97. The normalized spacial score (nSPS) is 10.9. The minimum atomic E-state index is -0.0435. The van der Waals surface area contributed by atoms with E-state index in [1.54, 1.807) is 29.8 Å². The van der Waals surface area contributed by atoms with E-state index >= 15 is 0 Å². The molecule has 0 fully saturated rings. The van der Waals surface area contributed by atoms with Gasteiger partial charge in [0.1, 0.15) is 0 Å². The number of nitrogens with zero attached hydrogens (tertiary/aromatic N) is 3. The molecule has 0 saturated carbocycles. The monoisotopic (exact) mass is 417 g/mol. The molecule has 0 saturated heterocycles. The zero-order valence-corrected chi connectivity index (χ0v) is 18.0. The SMILES string of the molecule is CC(=O)N(c1nc(CSc2ccc(Cl)cn2)cs1)c1c(C)cc(C)cc1C. The maximum Gasteiger partial charge on any atom is 0.230 e. The van der Waals surface area contributed by atoms with Gasteiger partial charge in [-0.2, -0.15) is 0 Å². The third kappa shape index (κ3) is 4.69. The van der Waals surface area contributed by atoms with Gasteiger partial charge in [-0.05, 0) is 44.0 Å². The summed E-state index contributed by atoms with van der Waals surface area (Å²) in [5.41, 5.74) is 5.16. The smallest absolute Gasteiger partial charge is 0.230 e. The largest absolute Gasteiger partial charge is 0.274 e. The van der Waals surface area contributed by atoms with Gasteiger partial charge < -0.3 is 0 Å². The van der Waals surface area contributed by atoms with Gasteiger partial charge in [-0.15, -0.1) is 23.1 Å². The first kappa shape index (κ1) is 19.9. The van der Waals surface area contributed by atoms with Crippen molar-refractivity contribution in [2.24, 2.45) is 0 Å². The maximum absolute atomic E-state index is 12.4. The second kappa shape index (κ2) is 8.42. The predicted octanol–water partition coefficient (Wildman–Crippen LogP) is 6.09. The molecule has 0 aliphatic rings. The molecule has 0 radical (unpaired) electrons. The van der Waals surface area contributed by atoms with Crippen molar-refractivity contribution < 1.29 is 4.79 Å². The van der Waals surface area contributed by atoms with Crippen LogP contribution < -0.4 is 4.90 Å². The number of aromatic nitrogens is 2. The van der Waals surface area contributed by atoms with Crippen LogP contribution in [-0.4, -0.2) is 15.9 Å². The summed E-state index contributed by atoms with van der Waals surface area (Å²) in [6.45, 7) is 7.70. The lowest BCUT2D eigenvalue weighted by Gasteiger charge is -2.23. The van der Waals surface area contributed by atoms with Crippen molar-refractivity contribution in [3.05, 3.63) is 63.2 Å². The minimum absolute atomic E-state index is 0.0435. The van der Waals surface area contributed by atoms with Crippen molar-refractivity contribution in [2.45, 2.75) is 38.5 Å². The molecule has 0 atom stereocenters. The first-order valence-corrected chi connectivity index (χ1v) is 10.7. The molecule has 1 amide bonds. The van der Waals surface area contributed by atoms with Gasteiger partial charge in [0.2, 0.25) is 5.91 Å². The molecule has 0 N–H and O–H groups in total. The lowest BCUT2D eigenvalue weighted by Crippen LogP contribution is -2.24. The van der Waals surface area contributed by atoms with Crippen LogP contribution in [0.15, 0.2) is 40.9 Å². The molecule has 3 aromatic rings. The molecule has 0 aliphatic carbocycles. The highest BCUT2D eigenvalue weighted by Gasteiger charge is 2.21. The van der Waals surface area contributed by atoms with Crippen LogP contribution in [0.2, 0.25) is 5.02 Å². The zero-order chi connectivity index (χ0) is 19.6. The fourth-order valence-corrected chi connectivity index (χ4v) is 4.80. The number of thioether (sulfide) groups is 1. The second-order valence-electron chi connectivity index (χ2n) is 6.33. The topological polar surface area (TPSA) is 46.1 Å². The summed E-state index contributed by atoms with van der Waals surface area (Å²) >= 11 is 8.94. The number of rotatable bonds is 5. The van der Waals surface area contributed by atoms with Gasteiger partial charge in [0.25, 0.3) is 0 Å². The van der Waals surface area contributed by atoms with E-state index < -0.39 is 0 Å². The summed E-state index contributed by atoms with van der Waals surface area (Å²) in [5, 5.41) is 4.20. The first-order chi connectivity index (χ1) is 12.8. The molecule has 3 rings (SSSR count). The van der Waals surface area contributed by atoms with Crippen LogP contribution >= 0.6 is 34.7 Å². The fourth-order valence-electron chi connectivity index (χ4n) is 2.97. The van der Waals surface area contributed by atoms with Crippen molar-refractivity contribution in [1.29, 1.82) is 0 Å². The molecule has 0 bridgehead atoms. The Morgan fingerprint density at radius 1 is 1.22 bits per heavy atom. The molecule has 2 aromatic heterocycles. The Hall–Kier alpha value is -1.89. The van der Waals surface area contributed by atoms with E-state index in [0.29, 0.717) is 15.9 Å². The molecule has 140 valence electrons. The van der Waals surface area contributed by atoms with Gasteiger partial charge in [0.15, 0.2) is 5.13 Å². The summed E-state index contributed by atoms with van der Waals surface area (Å²) in [6.07, 6.45) is 1.64. The van der Waals surface area contributed by atoms with Crippen LogP contribution in [0.25, 0.3) is 0 Å². The molecular formula is C20H20ClN3OS2. The lowest BCUT2D eigenvalue weighted by atomic mass is 10.0. The summed E-state index contributed by atoms with van der Waals surface area (Å²) in [5.74, 6) is 0.640. The van der Waals surface area contributed by atoms with Crippen LogP contribution in [0.4, 0.5) is 10.8 Å². The van der Waals surface area contributed by atoms with E-state index in [-0.39, 0.29) is 5.91 Å². The van der Waals surface area contributed by atoms with Crippen molar-refractivity contribution in [1.82, 2.24) is 9.97 Å². The Labute approximate surface area is 172 Å². The number of aryl methyl sites for hydroxylation is 3. The van der Waals surface area contributed by atoms with Crippen molar-refractivity contribution in [3.63, 3.8) is 0 Å². The molecule has 2 heterocycles. The number of carbonyl (C=O) groups excluding carboxylic acids is 1. The Morgan fingerprint density at radius 2 is 1.93 bits per heavy atom. The molecule has 1 aromatic carbocycles. The van der Waals surface area contributed by atoms with Crippen LogP contribution in [0, 0.1) is 20.8 Å². The number of thiazole rings is 1. The van der Waals surface area contributed by atoms with Crippen LogP contribution in [0.3, 0.4) is 0 Å². The van der Waals surface area contributed by atoms with E-state index in [4.69, 9.17) is 16.6 Å². The third-order valence-corrected chi connectivity index (χ3v) is 6.05. The molecule has 0 unspecified atom stereocenters. The van der Waals surface area contributed by atoms with E-state index in [2.05, 4.69) is 24.0 Å². The number of halogens is 1. The van der Waals surface area contributed by atoms with Crippen molar-refractivity contribution in [3.8, 4) is 0 Å². The average Bonchev–Trinajstić information content (AvgIpc) is 3.05. The minimum Gasteiger partial charge on any atom is -0.274 e. The molecule has 7 heteroatoms. The number of amides is 1. The highest BCUT2D eigenvalue weighted by molar-refractivity contribution is 7.98. The Balaban J connectivity index is 1.84. The van der Waals surface area contributed by atoms with Crippen LogP contribution in [0.5, 0.6) is 0 Å². The van der Waals surface area contributed by atoms with Crippen molar-refractivity contribution in [2.75, 3.05) is 4.90 Å². The van der Waals surface area contributed by atoms with E-state index in [1.807, 2.05) is 31.4 Å². The Kier molecular flexibility index (Phi) is 6.19. The number of anilines is 2. The Morgan fingerprint density at radius 3 is 2.52 bits per heavy atom. The highest BCUT2D eigenvalue weighted by Crippen LogP contribution is 2.35. The molecule has 27 heavy (non-hydrogen) atoms. The van der Waals surface area contributed by atoms with Gasteiger partial charge in [0.05, 0.1) is 21.4 Å². The van der Waals surface area contributed by atoms with Gasteiger partial charge in [-0.3, -0.25) is 9.69 Å². The molecule has 4 nitrogen and oxygen atoms in total. The van der Waals surface area contributed by atoms with Crippen LogP contribution in [0.1, 0.15) is 29.3 Å². The maximum atomic E-state index is 12.4. The lowest BCUT2D eigenvalue weighted by molar-refractivity contribution is -0.115. The molecule has 0 aliphatic heterocycles. The molecule has 0 spiro atoms. The number of benzene rings is 1. The van der Waals surface area contributed by atoms with Crippen molar-refractivity contribution >= 4 is 51.4 Å². The predicted molar refractivity (Wildman–Crippen MR) is 114 cm³/mol. The number of pyridine rings is 1. The summed E-state index contributed by atoms with van der Waals surface area (Å²) in [4.78, 5) is 23.1. The number of hydrogen-bond acceptors (Lipinski definition) is 5.